The van der Waals surface area contributed by atoms with Gasteiger partial charge < -0.3 is 15.2 Å². The van der Waals surface area contributed by atoms with E-state index in [9.17, 15) is 4.79 Å². The minimum Gasteiger partial charge on any atom is -0.482 e. The molecule has 0 radical (unpaired) electrons. The Morgan fingerprint density at radius 2 is 2.15 bits per heavy atom. The van der Waals surface area contributed by atoms with E-state index in [0.717, 1.165) is 30.4 Å². The first-order valence-electron chi connectivity index (χ1n) is 7.16. The van der Waals surface area contributed by atoms with Gasteiger partial charge in [0.2, 0.25) is 0 Å². The van der Waals surface area contributed by atoms with Gasteiger partial charge in [-0.15, -0.1) is 0 Å². The Morgan fingerprint density at radius 1 is 1.40 bits per heavy atom. The number of esters is 1. The molecule has 1 unspecified atom stereocenters. The van der Waals surface area contributed by atoms with Gasteiger partial charge in [-0.3, -0.25) is 0 Å². The van der Waals surface area contributed by atoms with Crippen molar-refractivity contribution in [1.82, 2.24) is 0 Å². The predicted octanol–water partition coefficient (Wildman–Crippen LogP) is 2.61. The number of unbranched alkanes of at least 4 members (excludes halogenated alkanes) is 1. The highest BCUT2D eigenvalue weighted by atomic mass is 16.6. The number of benzene rings is 1. The van der Waals surface area contributed by atoms with Crippen molar-refractivity contribution in [2.24, 2.45) is 5.73 Å². The van der Waals surface area contributed by atoms with E-state index in [0.29, 0.717) is 12.4 Å². The third kappa shape index (κ3) is 6.06. The van der Waals surface area contributed by atoms with Crippen molar-refractivity contribution in [3.63, 3.8) is 0 Å². The lowest BCUT2D eigenvalue weighted by atomic mass is 10.0. The summed E-state index contributed by atoms with van der Waals surface area (Å²) in [6.07, 6.45) is 2.61. The number of nitrogens with two attached hydrogens (primary N) is 1. The van der Waals surface area contributed by atoms with Gasteiger partial charge in [-0.1, -0.05) is 31.0 Å². The fraction of sp³-hybridized carbons (Fsp3) is 0.562. The van der Waals surface area contributed by atoms with Gasteiger partial charge in [-0.2, -0.15) is 0 Å². The van der Waals surface area contributed by atoms with Crippen LogP contribution >= 0.6 is 0 Å². The summed E-state index contributed by atoms with van der Waals surface area (Å²) >= 11 is 0. The molecule has 4 heteroatoms. The second-order valence-corrected chi connectivity index (χ2v) is 5.16. The second kappa shape index (κ2) is 8.59. The van der Waals surface area contributed by atoms with Gasteiger partial charge in [-0.25, -0.2) is 4.79 Å². The van der Waals surface area contributed by atoms with Crippen LogP contribution in [0.2, 0.25) is 0 Å². The van der Waals surface area contributed by atoms with Crippen LogP contribution in [0.3, 0.4) is 0 Å². The van der Waals surface area contributed by atoms with Crippen LogP contribution in [0, 0.1) is 6.92 Å². The molecule has 1 aromatic carbocycles. The van der Waals surface area contributed by atoms with Crippen molar-refractivity contribution in [2.45, 2.75) is 46.1 Å². The standard InChI is InChI=1S/C16H25NO3/c1-4-5-8-19-16(18)11-20-15-7-6-12(2)9-14(15)10-13(3)17/h6-7,9,13H,4-5,8,10-11,17H2,1-3H3. The molecule has 2 N–H and O–H groups in total. The molecule has 0 heterocycles. The fourth-order valence-electron chi connectivity index (χ4n) is 1.86. The molecule has 4 nitrogen and oxygen atoms in total. The molecule has 0 amide bonds. The lowest BCUT2D eigenvalue weighted by Crippen LogP contribution is -2.20. The molecular formula is C16H25NO3. The first-order chi connectivity index (χ1) is 9.52. The topological polar surface area (TPSA) is 61.5 Å². The van der Waals surface area contributed by atoms with Crippen LogP contribution in [-0.2, 0) is 16.0 Å². The fourth-order valence-corrected chi connectivity index (χ4v) is 1.86. The lowest BCUT2D eigenvalue weighted by molar-refractivity contribution is -0.146. The molecule has 0 aliphatic carbocycles. The van der Waals surface area contributed by atoms with Gasteiger partial charge in [-0.05, 0) is 38.3 Å². The normalized spacial score (nSPS) is 12.0. The Morgan fingerprint density at radius 3 is 2.80 bits per heavy atom. The van der Waals surface area contributed by atoms with Gasteiger partial charge in [0.15, 0.2) is 6.61 Å². The number of carbonyl (C=O) groups is 1. The SMILES string of the molecule is CCCCOC(=O)COc1ccc(C)cc1CC(C)N. The molecule has 1 aromatic rings. The smallest absolute Gasteiger partial charge is 0.344 e. The van der Waals surface area contributed by atoms with Crippen molar-refractivity contribution in [3.8, 4) is 5.75 Å². The average molecular weight is 279 g/mol. The quantitative estimate of drug-likeness (QED) is 0.587. The summed E-state index contributed by atoms with van der Waals surface area (Å²) in [5.41, 5.74) is 8.01. The highest BCUT2D eigenvalue weighted by Gasteiger charge is 2.09. The monoisotopic (exact) mass is 279 g/mol. The number of aryl methyl sites for hydroxylation is 1. The number of hydrogen-bond donors (Lipinski definition) is 1. The first-order valence-corrected chi connectivity index (χ1v) is 7.16. The van der Waals surface area contributed by atoms with E-state index in [1.54, 1.807) is 0 Å². The zero-order chi connectivity index (χ0) is 15.0. The summed E-state index contributed by atoms with van der Waals surface area (Å²) in [6, 6.07) is 5.94. The van der Waals surface area contributed by atoms with E-state index in [2.05, 4.69) is 6.92 Å². The molecular weight excluding hydrogens is 254 g/mol. The molecule has 0 aromatic heterocycles. The Kier molecular flexibility index (Phi) is 7.09. The third-order valence-corrected chi connectivity index (χ3v) is 2.86. The van der Waals surface area contributed by atoms with Gasteiger partial charge in [0.1, 0.15) is 5.75 Å². The van der Waals surface area contributed by atoms with Crippen molar-refractivity contribution in [3.05, 3.63) is 29.3 Å². The van der Waals surface area contributed by atoms with Crippen LogP contribution in [0.15, 0.2) is 18.2 Å². The van der Waals surface area contributed by atoms with Gasteiger partial charge in [0.05, 0.1) is 6.61 Å². The molecule has 0 bridgehead atoms. The maximum atomic E-state index is 11.5. The Bertz CT molecular complexity index is 430. The first kappa shape index (κ1) is 16.5. The highest BCUT2D eigenvalue weighted by Crippen LogP contribution is 2.21. The maximum Gasteiger partial charge on any atom is 0.344 e. The predicted molar refractivity (Wildman–Crippen MR) is 79.9 cm³/mol. The van der Waals surface area contributed by atoms with E-state index in [-0.39, 0.29) is 18.6 Å². The summed E-state index contributed by atoms with van der Waals surface area (Å²) < 4.78 is 10.6. The number of carbonyl (C=O) groups excluding carboxylic acids is 1. The third-order valence-electron chi connectivity index (χ3n) is 2.86. The Labute approximate surface area is 121 Å². The summed E-state index contributed by atoms with van der Waals surface area (Å²) in [7, 11) is 0. The molecule has 1 rings (SSSR count). The summed E-state index contributed by atoms with van der Waals surface area (Å²) in [4.78, 5) is 11.5. The Balaban J connectivity index is 2.56. The zero-order valence-electron chi connectivity index (χ0n) is 12.6. The number of hydrogen-bond acceptors (Lipinski definition) is 4. The van der Waals surface area contributed by atoms with Crippen LogP contribution in [0.25, 0.3) is 0 Å². The van der Waals surface area contributed by atoms with Crippen molar-refractivity contribution in [1.29, 1.82) is 0 Å². The van der Waals surface area contributed by atoms with Crippen LogP contribution in [0.4, 0.5) is 0 Å². The van der Waals surface area contributed by atoms with Crippen molar-refractivity contribution in [2.75, 3.05) is 13.2 Å². The summed E-state index contributed by atoms with van der Waals surface area (Å²) in [6.45, 7) is 6.42. The van der Waals surface area contributed by atoms with E-state index in [1.807, 2.05) is 32.0 Å². The molecule has 0 saturated heterocycles. The molecule has 20 heavy (non-hydrogen) atoms. The molecule has 1 atom stereocenters. The number of rotatable bonds is 8. The van der Waals surface area contributed by atoms with Crippen LogP contribution in [-0.4, -0.2) is 25.2 Å². The van der Waals surface area contributed by atoms with Crippen LogP contribution in [0.1, 0.15) is 37.8 Å². The van der Waals surface area contributed by atoms with Crippen LogP contribution in [0.5, 0.6) is 5.75 Å². The van der Waals surface area contributed by atoms with Crippen LogP contribution < -0.4 is 10.5 Å². The van der Waals surface area contributed by atoms with E-state index >= 15 is 0 Å². The van der Waals surface area contributed by atoms with Gasteiger partial charge in [0, 0.05) is 6.04 Å². The summed E-state index contributed by atoms with van der Waals surface area (Å²) in [5.74, 6) is 0.381. The average Bonchev–Trinajstić information content (AvgIpc) is 2.37. The minimum atomic E-state index is -0.328. The largest absolute Gasteiger partial charge is 0.482 e. The molecule has 0 spiro atoms. The van der Waals surface area contributed by atoms with Crippen molar-refractivity contribution < 1.29 is 14.3 Å². The van der Waals surface area contributed by atoms with E-state index < -0.39 is 0 Å². The minimum absolute atomic E-state index is 0.0515. The maximum absolute atomic E-state index is 11.5. The molecule has 0 fully saturated rings. The highest BCUT2D eigenvalue weighted by molar-refractivity contribution is 5.71. The second-order valence-electron chi connectivity index (χ2n) is 5.16. The molecule has 0 aliphatic rings. The van der Waals surface area contributed by atoms with E-state index in [1.165, 1.54) is 0 Å². The number of ether oxygens (including phenoxy) is 2. The molecule has 0 aliphatic heterocycles. The van der Waals surface area contributed by atoms with Crippen molar-refractivity contribution >= 4 is 5.97 Å². The Hall–Kier alpha value is -1.55. The molecule has 112 valence electrons. The summed E-state index contributed by atoms with van der Waals surface area (Å²) in [5, 5.41) is 0. The van der Waals surface area contributed by atoms with E-state index in [4.69, 9.17) is 15.2 Å². The van der Waals surface area contributed by atoms with Gasteiger partial charge in [0.25, 0.3) is 0 Å². The lowest BCUT2D eigenvalue weighted by Gasteiger charge is -2.13. The van der Waals surface area contributed by atoms with Gasteiger partial charge >= 0.3 is 5.97 Å². The zero-order valence-corrected chi connectivity index (χ0v) is 12.6. The molecule has 0 saturated carbocycles.